The van der Waals surface area contributed by atoms with Crippen LogP contribution in [0.3, 0.4) is 0 Å². The van der Waals surface area contributed by atoms with Gasteiger partial charge in [-0.15, -0.1) is 0 Å². The van der Waals surface area contributed by atoms with Crippen LogP contribution in [-0.4, -0.2) is 0 Å². The van der Waals surface area contributed by atoms with E-state index in [1.807, 2.05) is 36.4 Å². The Kier molecular flexibility index (Phi) is 4.26. The Labute approximate surface area is 114 Å². The lowest BCUT2D eigenvalue weighted by molar-refractivity contribution is 0.447. The number of benzene rings is 1. The van der Waals surface area contributed by atoms with Crippen molar-refractivity contribution in [1.82, 2.24) is 5.32 Å². The molecule has 0 spiro atoms. The third-order valence-corrected chi connectivity index (χ3v) is 3.26. The molecule has 1 aromatic heterocycles. The highest BCUT2D eigenvalue weighted by Gasteiger charge is 2.06. The minimum absolute atomic E-state index is 0.260. The standard InChI is InChI=1S/C13H13BrClNO/c1-9(10-2-4-11(15)5-3-10)16-8-12-6-7-13(14)17-12/h2-7,9,16H,8H2,1H3/t9-/m1/s1. The van der Waals surface area contributed by atoms with Crippen molar-refractivity contribution in [3.63, 3.8) is 0 Å². The summed E-state index contributed by atoms with van der Waals surface area (Å²) < 4.78 is 6.18. The Hall–Kier alpha value is -0.770. The molecule has 0 aliphatic carbocycles. The van der Waals surface area contributed by atoms with Crippen molar-refractivity contribution in [2.45, 2.75) is 19.5 Å². The van der Waals surface area contributed by atoms with Crippen molar-refractivity contribution in [3.05, 3.63) is 57.4 Å². The Morgan fingerprint density at radius 3 is 2.53 bits per heavy atom. The molecular formula is C13H13BrClNO. The van der Waals surface area contributed by atoms with E-state index >= 15 is 0 Å². The molecule has 2 rings (SSSR count). The second-order valence-electron chi connectivity index (χ2n) is 3.86. The Morgan fingerprint density at radius 1 is 1.24 bits per heavy atom. The summed E-state index contributed by atoms with van der Waals surface area (Å²) in [5.41, 5.74) is 1.21. The molecule has 17 heavy (non-hydrogen) atoms. The molecule has 90 valence electrons. The van der Waals surface area contributed by atoms with Crippen LogP contribution in [0.4, 0.5) is 0 Å². The maximum absolute atomic E-state index is 5.85. The second-order valence-corrected chi connectivity index (χ2v) is 5.08. The fourth-order valence-electron chi connectivity index (χ4n) is 1.57. The zero-order valence-electron chi connectivity index (χ0n) is 9.41. The molecule has 0 aliphatic rings. The first-order chi connectivity index (χ1) is 8.15. The highest BCUT2D eigenvalue weighted by atomic mass is 79.9. The summed E-state index contributed by atoms with van der Waals surface area (Å²) >= 11 is 9.13. The van der Waals surface area contributed by atoms with Gasteiger partial charge in [-0.1, -0.05) is 23.7 Å². The van der Waals surface area contributed by atoms with Gasteiger partial charge in [0.05, 0.1) is 6.54 Å². The molecule has 0 amide bonds. The lowest BCUT2D eigenvalue weighted by atomic mass is 10.1. The summed E-state index contributed by atoms with van der Waals surface area (Å²) in [6.45, 7) is 2.82. The van der Waals surface area contributed by atoms with E-state index in [1.165, 1.54) is 5.56 Å². The molecule has 1 aromatic carbocycles. The first kappa shape index (κ1) is 12.7. The van der Waals surface area contributed by atoms with Crippen molar-refractivity contribution >= 4 is 27.5 Å². The van der Waals surface area contributed by atoms with Gasteiger partial charge in [-0.3, -0.25) is 0 Å². The molecule has 1 N–H and O–H groups in total. The van der Waals surface area contributed by atoms with Crippen molar-refractivity contribution in [1.29, 1.82) is 0 Å². The molecule has 0 radical (unpaired) electrons. The summed E-state index contributed by atoms with van der Waals surface area (Å²) in [6, 6.07) is 12.0. The van der Waals surface area contributed by atoms with Crippen LogP contribution in [0.5, 0.6) is 0 Å². The third-order valence-electron chi connectivity index (χ3n) is 2.58. The maximum Gasteiger partial charge on any atom is 0.169 e. The Morgan fingerprint density at radius 2 is 1.94 bits per heavy atom. The smallest absolute Gasteiger partial charge is 0.169 e. The van der Waals surface area contributed by atoms with Crippen LogP contribution in [-0.2, 0) is 6.54 Å². The van der Waals surface area contributed by atoms with Gasteiger partial charge in [0.1, 0.15) is 5.76 Å². The maximum atomic E-state index is 5.85. The molecule has 2 aromatic rings. The largest absolute Gasteiger partial charge is 0.453 e. The lowest BCUT2D eigenvalue weighted by Gasteiger charge is -2.13. The van der Waals surface area contributed by atoms with E-state index in [0.29, 0.717) is 6.54 Å². The zero-order valence-corrected chi connectivity index (χ0v) is 11.8. The van der Waals surface area contributed by atoms with Crippen LogP contribution >= 0.6 is 27.5 Å². The molecule has 0 saturated carbocycles. The summed E-state index contributed by atoms with van der Waals surface area (Å²) in [7, 11) is 0. The highest BCUT2D eigenvalue weighted by Crippen LogP contribution is 2.18. The van der Waals surface area contributed by atoms with Crippen LogP contribution in [0.1, 0.15) is 24.3 Å². The molecule has 0 bridgehead atoms. The molecule has 0 saturated heterocycles. The molecule has 4 heteroatoms. The fraction of sp³-hybridized carbons (Fsp3) is 0.231. The fourth-order valence-corrected chi connectivity index (χ4v) is 2.04. The number of halogens is 2. The number of furan rings is 1. The van der Waals surface area contributed by atoms with Crippen LogP contribution in [0, 0.1) is 0 Å². The van der Waals surface area contributed by atoms with E-state index in [2.05, 4.69) is 28.2 Å². The van der Waals surface area contributed by atoms with Gasteiger partial charge in [0.2, 0.25) is 0 Å². The van der Waals surface area contributed by atoms with E-state index in [0.717, 1.165) is 15.5 Å². The van der Waals surface area contributed by atoms with E-state index in [-0.39, 0.29) is 6.04 Å². The monoisotopic (exact) mass is 313 g/mol. The van der Waals surface area contributed by atoms with Crippen molar-refractivity contribution in [2.75, 3.05) is 0 Å². The van der Waals surface area contributed by atoms with Gasteiger partial charge in [-0.2, -0.15) is 0 Å². The summed E-state index contributed by atoms with van der Waals surface area (Å²) in [5.74, 6) is 0.915. The summed E-state index contributed by atoms with van der Waals surface area (Å²) in [4.78, 5) is 0. The van der Waals surface area contributed by atoms with Gasteiger partial charge >= 0.3 is 0 Å². The van der Waals surface area contributed by atoms with E-state index in [4.69, 9.17) is 16.0 Å². The predicted octanol–water partition coefficient (Wildman–Crippen LogP) is 4.55. The van der Waals surface area contributed by atoms with Gasteiger partial charge in [-0.25, -0.2) is 0 Å². The quantitative estimate of drug-likeness (QED) is 0.896. The summed E-state index contributed by atoms with van der Waals surface area (Å²) in [5, 5.41) is 4.15. The average Bonchev–Trinajstić information content (AvgIpc) is 2.73. The molecule has 1 heterocycles. The highest BCUT2D eigenvalue weighted by molar-refractivity contribution is 9.10. The Balaban J connectivity index is 1.93. The number of hydrogen-bond acceptors (Lipinski definition) is 2. The molecule has 2 nitrogen and oxygen atoms in total. The van der Waals surface area contributed by atoms with Gasteiger partial charge in [0.15, 0.2) is 4.67 Å². The van der Waals surface area contributed by atoms with Crippen molar-refractivity contribution < 1.29 is 4.42 Å². The van der Waals surface area contributed by atoms with E-state index in [1.54, 1.807) is 0 Å². The second kappa shape index (κ2) is 5.71. The van der Waals surface area contributed by atoms with Crippen LogP contribution in [0.15, 0.2) is 45.5 Å². The van der Waals surface area contributed by atoms with Gasteiger partial charge in [-0.05, 0) is 52.7 Å². The lowest BCUT2D eigenvalue weighted by Crippen LogP contribution is -2.17. The SMILES string of the molecule is C[C@@H](NCc1ccc(Br)o1)c1ccc(Cl)cc1. The Bertz CT molecular complexity index is 480. The normalized spacial score (nSPS) is 12.6. The first-order valence-electron chi connectivity index (χ1n) is 5.38. The van der Waals surface area contributed by atoms with Crippen molar-refractivity contribution in [2.24, 2.45) is 0 Å². The van der Waals surface area contributed by atoms with Crippen LogP contribution < -0.4 is 5.32 Å². The van der Waals surface area contributed by atoms with E-state index < -0.39 is 0 Å². The summed E-state index contributed by atoms with van der Waals surface area (Å²) in [6.07, 6.45) is 0. The minimum Gasteiger partial charge on any atom is -0.453 e. The first-order valence-corrected chi connectivity index (χ1v) is 6.55. The molecule has 0 unspecified atom stereocenters. The van der Waals surface area contributed by atoms with Gasteiger partial charge in [0.25, 0.3) is 0 Å². The topological polar surface area (TPSA) is 25.2 Å². The number of rotatable bonds is 4. The van der Waals surface area contributed by atoms with Gasteiger partial charge < -0.3 is 9.73 Å². The minimum atomic E-state index is 0.260. The zero-order chi connectivity index (χ0) is 12.3. The predicted molar refractivity (Wildman–Crippen MR) is 73.1 cm³/mol. The number of nitrogens with one attached hydrogen (secondary N) is 1. The van der Waals surface area contributed by atoms with Crippen LogP contribution in [0.25, 0.3) is 0 Å². The average molecular weight is 315 g/mol. The molecule has 0 fully saturated rings. The molecule has 1 atom stereocenters. The number of hydrogen-bond donors (Lipinski definition) is 1. The third kappa shape index (κ3) is 3.60. The molecule has 0 aliphatic heterocycles. The van der Waals surface area contributed by atoms with E-state index in [9.17, 15) is 0 Å². The molecular weight excluding hydrogens is 302 g/mol. The van der Waals surface area contributed by atoms with Gasteiger partial charge in [0, 0.05) is 11.1 Å². The van der Waals surface area contributed by atoms with Crippen molar-refractivity contribution in [3.8, 4) is 0 Å². The van der Waals surface area contributed by atoms with Crippen LogP contribution in [0.2, 0.25) is 5.02 Å².